The van der Waals surface area contributed by atoms with E-state index >= 15 is 0 Å². The van der Waals surface area contributed by atoms with Gasteiger partial charge >= 0.3 is 13.3 Å². The zero-order valence-electron chi connectivity index (χ0n) is 11.5. The Labute approximate surface area is 114 Å². The first-order chi connectivity index (χ1) is 8.94. The minimum atomic E-state index is -4.64. The first-order valence-corrected chi connectivity index (χ1v) is 6.02. The lowest BCUT2D eigenvalue weighted by Crippen LogP contribution is -2.41. The highest BCUT2D eigenvalue weighted by Gasteiger charge is 2.53. The van der Waals surface area contributed by atoms with Crippen LogP contribution in [-0.2, 0) is 15.5 Å². The Morgan fingerprint density at radius 1 is 1.10 bits per heavy atom. The molecule has 0 unspecified atom stereocenters. The van der Waals surface area contributed by atoms with Gasteiger partial charge in [0.2, 0.25) is 0 Å². The van der Waals surface area contributed by atoms with Gasteiger partial charge in [-0.1, -0.05) is 0 Å². The van der Waals surface area contributed by atoms with Crippen molar-refractivity contribution in [3.8, 4) is 0 Å². The van der Waals surface area contributed by atoms with Crippen LogP contribution in [0, 0.1) is 5.82 Å². The first-order valence-electron chi connectivity index (χ1n) is 6.02. The molecule has 1 aliphatic heterocycles. The smallest absolute Gasteiger partial charge is 0.398 e. The van der Waals surface area contributed by atoms with E-state index in [1.54, 1.807) is 27.7 Å². The van der Waals surface area contributed by atoms with Crippen LogP contribution in [0.5, 0.6) is 0 Å². The maximum Gasteiger partial charge on any atom is 0.517 e. The average molecular weight is 291 g/mol. The molecule has 0 atom stereocenters. The van der Waals surface area contributed by atoms with Crippen LogP contribution in [0.4, 0.5) is 17.6 Å². The molecule has 1 saturated heterocycles. The second-order valence-corrected chi connectivity index (χ2v) is 5.68. The van der Waals surface area contributed by atoms with Crippen LogP contribution < -0.4 is 5.59 Å². The van der Waals surface area contributed by atoms with Gasteiger partial charge in [0.15, 0.2) is 0 Å². The molecule has 0 radical (unpaired) electrons. The lowest BCUT2D eigenvalue weighted by molar-refractivity contribution is -0.138. The number of rotatable bonds is 1. The van der Waals surface area contributed by atoms with Crippen molar-refractivity contribution in [2.45, 2.75) is 45.1 Å². The van der Waals surface area contributed by atoms with Gasteiger partial charge in [-0.3, -0.25) is 4.98 Å². The summed E-state index contributed by atoms with van der Waals surface area (Å²) in [4.78, 5) is 3.51. The molecule has 1 aromatic heterocycles. The minimum absolute atomic E-state index is 0.281. The summed E-state index contributed by atoms with van der Waals surface area (Å²) in [5.41, 5.74) is -2.85. The molecule has 3 nitrogen and oxygen atoms in total. The van der Waals surface area contributed by atoms with Gasteiger partial charge in [-0.2, -0.15) is 13.2 Å². The topological polar surface area (TPSA) is 31.4 Å². The van der Waals surface area contributed by atoms with Crippen molar-refractivity contribution in [2.75, 3.05) is 0 Å². The van der Waals surface area contributed by atoms with Crippen molar-refractivity contribution >= 4 is 12.7 Å². The van der Waals surface area contributed by atoms with Crippen molar-refractivity contribution in [2.24, 2.45) is 0 Å². The van der Waals surface area contributed by atoms with Crippen molar-refractivity contribution < 1.29 is 26.9 Å². The number of hydrogen-bond acceptors (Lipinski definition) is 3. The molecule has 8 heteroatoms. The van der Waals surface area contributed by atoms with Gasteiger partial charge in [0, 0.05) is 6.20 Å². The third kappa shape index (κ3) is 2.54. The Kier molecular flexibility index (Phi) is 3.37. The molecule has 0 spiro atoms. The molecular formula is C12H14BF4NO2. The average Bonchev–Trinajstić information content (AvgIpc) is 2.46. The molecule has 20 heavy (non-hydrogen) atoms. The summed E-state index contributed by atoms with van der Waals surface area (Å²) in [7, 11) is -1.12. The van der Waals surface area contributed by atoms with Crippen LogP contribution >= 0.6 is 0 Å². The van der Waals surface area contributed by atoms with Crippen molar-refractivity contribution in [1.29, 1.82) is 0 Å². The van der Waals surface area contributed by atoms with E-state index in [1.807, 2.05) is 0 Å². The zero-order valence-corrected chi connectivity index (χ0v) is 11.5. The Balaban J connectivity index is 2.33. The van der Waals surface area contributed by atoms with Gasteiger partial charge in [0.25, 0.3) is 0 Å². The van der Waals surface area contributed by atoms with E-state index in [4.69, 9.17) is 9.31 Å². The van der Waals surface area contributed by atoms with E-state index in [2.05, 4.69) is 4.98 Å². The number of alkyl halides is 3. The second-order valence-electron chi connectivity index (χ2n) is 5.68. The van der Waals surface area contributed by atoms with Crippen molar-refractivity contribution in [3.63, 3.8) is 0 Å². The number of hydrogen-bond donors (Lipinski definition) is 0. The predicted octanol–water partition coefficient (Wildman–Crippen LogP) is 2.54. The second kappa shape index (κ2) is 4.43. The number of halogens is 4. The van der Waals surface area contributed by atoms with E-state index in [1.165, 1.54) is 0 Å². The van der Waals surface area contributed by atoms with Gasteiger partial charge in [0.05, 0.1) is 16.8 Å². The Morgan fingerprint density at radius 3 is 2.00 bits per heavy atom. The molecule has 1 aliphatic rings. The van der Waals surface area contributed by atoms with Crippen LogP contribution in [0.1, 0.15) is 33.3 Å². The van der Waals surface area contributed by atoms with Crippen LogP contribution in [0.2, 0.25) is 0 Å². The summed E-state index contributed by atoms with van der Waals surface area (Å²) in [6.07, 6.45) is -4.06. The Bertz CT molecular complexity index is 515. The summed E-state index contributed by atoms with van der Waals surface area (Å²) in [5, 5.41) is 0. The van der Waals surface area contributed by atoms with E-state index < -0.39 is 35.9 Å². The van der Waals surface area contributed by atoms with E-state index in [0.717, 1.165) is 0 Å². The van der Waals surface area contributed by atoms with E-state index in [0.29, 0.717) is 12.3 Å². The molecule has 0 amide bonds. The number of aromatic nitrogens is 1. The maximum atomic E-state index is 13.8. The molecule has 0 aromatic carbocycles. The Morgan fingerprint density at radius 2 is 1.60 bits per heavy atom. The monoisotopic (exact) mass is 291 g/mol. The minimum Gasteiger partial charge on any atom is -0.398 e. The molecule has 110 valence electrons. The molecule has 0 saturated carbocycles. The van der Waals surface area contributed by atoms with Gasteiger partial charge in [-0.05, 0) is 33.8 Å². The molecule has 0 bridgehead atoms. The summed E-state index contributed by atoms with van der Waals surface area (Å²) in [6, 6.07) is 0.396. The SMILES string of the molecule is CC1(C)OB(c2ncc(C(F)(F)F)cc2F)OC1(C)C. The van der Waals surface area contributed by atoms with Gasteiger partial charge in [-0.25, -0.2) is 4.39 Å². The van der Waals surface area contributed by atoms with E-state index in [-0.39, 0.29) is 5.59 Å². The standard InChI is InChI=1S/C12H14BF4NO2/c1-10(2)11(3,4)20-13(19-10)9-8(14)5-7(6-18-9)12(15,16)17/h5-6H,1-4H3. The highest BCUT2D eigenvalue weighted by Crippen LogP contribution is 2.36. The van der Waals surface area contributed by atoms with Gasteiger partial charge in [-0.15, -0.1) is 0 Å². The van der Waals surface area contributed by atoms with Crippen LogP contribution in [0.25, 0.3) is 0 Å². The van der Waals surface area contributed by atoms with E-state index in [9.17, 15) is 17.6 Å². The molecule has 0 aliphatic carbocycles. The van der Waals surface area contributed by atoms with Crippen molar-refractivity contribution in [1.82, 2.24) is 4.98 Å². The van der Waals surface area contributed by atoms with Crippen LogP contribution in [0.15, 0.2) is 12.3 Å². The largest absolute Gasteiger partial charge is 0.517 e. The number of pyridine rings is 1. The maximum absolute atomic E-state index is 13.8. The fourth-order valence-electron chi connectivity index (χ4n) is 1.73. The molecule has 2 heterocycles. The fraction of sp³-hybridized carbons (Fsp3) is 0.583. The predicted molar refractivity (Wildman–Crippen MR) is 64.9 cm³/mol. The summed E-state index contributed by atoms with van der Waals surface area (Å²) in [5.74, 6) is -1.10. The Hall–Kier alpha value is -1.15. The third-order valence-corrected chi connectivity index (χ3v) is 3.67. The number of nitrogens with zero attached hydrogens (tertiary/aromatic N) is 1. The van der Waals surface area contributed by atoms with Gasteiger partial charge in [0.1, 0.15) is 11.4 Å². The molecule has 2 rings (SSSR count). The molecule has 1 fully saturated rings. The lowest BCUT2D eigenvalue weighted by atomic mass is 9.83. The third-order valence-electron chi connectivity index (χ3n) is 3.67. The first kappa shape index (κ1) is 15.2. The fourth-order valence-corrected chi connectivity index (χ4v) is 1.73. The lowest BCUT2D eigenvalue weighted by Gasteiger charge is -2.32. The van der Waals surface area contributed by atoms with Crippen LogP contribution in [-0.4, -0.2) is 23.3 Å². The summed E-state index contributed by atoms with van der Waals surface area (Å²) >= 11 is 0. The quantitative estimate of drug-likeness (QED) is 0.588. The summed E-state index contributed by atoms with van der Waals surface area (Å²) in [6.45, 7) is 7.04. The van der Waals surface area contributed by atoms with Crippen molar-refractivity contribution in [3.05, 3.63) is 23.6 Å². The molecular weight excluding hydrogens is 277 g/mol. The highest BCUT2D eigenvalue weighted by molar-refractivity contribution is 6.61. The highest BCUT2D eigenvalue weighted by atomic mass is 19.4. The van der Waals surface area contributed by atoms with Gasteiger partial charge < -0.3 is 9.31 Å². The summed E-state index contributed by atoms with van der Waals surface area (Å²) < 4.78 is 62.3. The normalized spacial score (nSPS) is 21.3. The van der Waals surface area contributed by atoms with Crippen LogP contribution in [0.3, 0.4) is 0 Å². The molecule has 1 aromatic rings. The molecule has 0 N–H and O–H groups in total. The zero-order chi connectivity index (χ0) is 15.3.